The van der Waals surface area contributed by atoms with Crippen LogP contribution in [0.3, 0.4) is 0 Å². The summed E-state index contributed by atoms with van der Waals surface area (Å²) in [5, 5.41) is 0. The molecule has 5 rings (SSSR count). The Morgan fingerprint density at radius 3 is 2.66 bits per heavy atom. The van der Waals surface area contributed by atoms with Crippen molar-refractivity contribution in [3.63, 3.8) is 0 Å². The molecule has 0 spiro atoms. The minimum atomic E-state index is 0.0445. The van der Waals surface area contributed by atoms with E-state index in [1.54, 1.807) is 14.0 Å². The van der Waals surface area contributed by atoms with Crippen LogP contribution < -0.4 is 10.5 Å². The molecule has 0 radical (unpaired) electrons. The van der Waals surface area contributed by atoms with Gasteiger partial charge in [0.15, 0.2) is 0 Å². The highest BCUT2D eigenvalue weighted by Crippen LogP contribution is 2.27. The number of aliphatic imine (C=N–C) groups is 1. The molecule has 2 aliphatic heterocycles. The summed E-state index contributed by atoms with van der Waals surface area (Å²) in [6.07, 6.45) is 4.52. The first-order valence-corrected chi connectivity index (χ1v) is 12.1. The van der Waals surface area contributed by atoms with Gasteiger partial charge in [-0.15, -0.1) is 0 Å². The number of imidazole rings is 1. The predicted molar refractivity (Wildman–Crippen MR) is 136 cm³/mol. The van der Waals surface area contributed by atoms with Crippen LogP contribution in [0.2, 0.25) is 0 Å². The van der Waals surface area contributed by atoms with Crippen LogP contribution in [-0.4, -0.2) is 65.4 Å². The standard InChI is InChI=1S/C27H31N5O3/c1-18(33)31-13-10-23(29-20-11-14-35-15-12-20)22(16-31)27(28)25-4-3-5-26-30-24(17-32(25)26)19-6-8-21(34-2)9-7-19/h3-9,17,20H,10-16,28H2,1-2H3. The summed E-state index contributed by atoms with van der Waals surface area (Å²) >= 11 is 0. The second-order valence-electron chi connectivity index (χ2n) is 9.00. The van der Waals surface area contributed by atoms with Crippen LogP contribution in [0, 0.1) is 0 Å². The number of fused-ring (bicyclic) bond motifs is 1. The molecule has 0 unspecified atom stereocenters. The van der Waals surface area contributed by atoms with Gasteiger partial charge in [-0.2, -0.15) is 0 Å². The number of amides is 1. The maximum atomic E-state index is 12.2. The van der Waals surface area contributed by atoms with Crippen molar-refractivity contribution in [1.82, 2.24) is 14.3 Å². The smallest absolute Gasteiger partial charge is 0.219 e. The molecule has 0 atom stereocenters. The number of methoxy groups -OCH3 is 1. The SMILES string of the molecule is COc1ccc(-c2cn3c(C(N)=C4CN(C(C)=O)CCC4=NC4CCOCC4)cccc3n2)cc1. The summed E-state index contributed by atoms with van der Waals surface area (Å²) in [5.41, 5.74) is 12.9. The predicted octanol–water partition coefficient (Wildman–Crippen LogP) is 3.55. The fourth-order valence-electron chi connectivity index (χ4n) is 4.73. The van der Waals surface area contributed by atoms with Crippen molar-refractivity contribution in [2.45, 2.75) is 32.2 Å². The fourth-order valence-corrected chi connectivity index (χ4v) is 4.73. The Morgan fingerprint density at radius 1 is 1.17 bits per heavy atom. The first-order chi connectivity index (χ1) is 17.0. The molecule has 4 heterocycles. The van der Waals surface area contributed by atoms with Gasteiger partial charge < -0.3 is 20.1 Å². The average molecular weight is 474 g/mol. The summed E-state index contributed by atoms with van der Waals surface area (Å²) in [6, 6.07) is 14.0. The Balaban J connectivity index is 1.57. The van der Waals surface area contributed by atoms with Gasteiger partial charge in [-0.1, -0.05) is 6.07 Å². The zero-order valence-electron chi connectivity index (χ0n) is 20.2. The van der Waals surface area contributed by atoms with Crippen molar-refractivity contribution in [2.24, 2.45) is 10.7 Å². The first-order valence-electron chi connectivity index (χ1n) is 12.1. The number of rotatable bonds is 4. The summed E-state index contributed by atoms with van der Waals surface area (Å²) in [6.45, 7) is 4.19. The molecule has 1 aromatic carbocycles. The highest BCUT2D eigenvalue weighted by Gasteiger charge is 2.26. The number of nitrogens with two attached hydrogens (primary N) is 1. The third kappa shape index (κ3) is 4.79. The van der Waals surface area contributed by atoms with E-state index in [4.69, 9.17) is 25.2 Å². The number of carbonyl (C=O) groups is 1. The zero-order chi connectivity index (χ0) is 24.4. The van der Waals surface area contributed by atoms with Gasteiger partial charge in [-0.25, -0.2) is 4.98 Å². The third-order valence-electron chi connectivity index (χ3n) is 6.77. The molecule has 0 bridgehead atoms. The van der Waals surface area contributed by atoms with E-state index in [9.17, 15) is 4.79 Å². The molecule has 182 valence electrons. The van der Waals surface area contributed by atoms with Gasteiger partial charge >= 0.3 is 0 Å². The maximum absolute atomic E-state index is 12.2. The summed E-state index contributed by atoms with van der Waals surface area (Å²) in [5.74, 6) is 0.846. The Labute approximate surface area is 205 Å². The molecule has 2 aromatic heterocycles. The van der Waals surface area contributed by atoms with E-state index in [2.05, 4.69) is 0 Å². The topological polar surface area (TPSA) is 94.5 Å². The van der Waals surface area contributed by atoms with E-state index in [1.165, 1.54) is 0 Å². The molecule has 35 heavy (non-hydrogen) atoms. The van der Waals surface area contributed by atoms with Crippen molar-refractivity contribution in [3.8, 4) is 17.0 Å². The summed E-state index contributed by atoms with van der Waals surface area (Å²) in [4.78, 5) is 23.9. The van der Waals surface area contributed by atoms with Crippen LogP contribution >= 0.6 is 0 Å². The van der Waals surface area contributed by atoms with Gasteiger partial charge in [0.1, 0.15) is 11.4 Å². The number of hydrogen-bond acceptors (Lipinski definition) is 6. The molecule has 3 aromatic rings. The number of piperidine rings is 1. The molecular weight excluding hydrogens is 442 g/mol. The third-order valence-corrected chi connectivity index (χ3v) is 6.77. The first kappa shape index (κ1) is 23.1. The van der Waals surface area contributed by atoms with E-state index in [-0.39, 0.29) is 11.9 Å². The highest BCUT2D eigenvalue weighted by molar-refractivity contribution is 6.07. The quantitative estimate of drug-likeness (QED) is 0.625. The molecule has 2 aliphatic rings. The van der Waals surface area contributed by atoms with Gasteiger partial charge in [0, 0.05) is 62.7 Å². The second kappa shape index (κ2) is 9.92. The molecule has 0 aliphatic carbocycles. The largest absolute Gasteiger partial charge is 0.497 e. The van der Waals surface area contributed by atoms with Gasteiger partial charge in [-0.3, -0.25) is 14.2 Å². The molecule has 8 heteroatoms. The van der Waals surface area contributed by atoms with E-state index in [1.807, 2.05) is 58.0 Å². The molecule has 2 N–H and O–H groups in total. The Morgan fingerprint density at radius 2 is 1.94 bits per heavy atom. The van der Waals surface area contributed by atoms with E-state index < -0.39 is 0 Å². The van der Waals surface area contributed by atoms with Crippen molar-refractivity contribution < 1.29 is 14.3 Å². The molecule has 8 nitrogen and oxygen atoms in total. The second-order valence-corrected chi connectivity index (χ2v) is 9.00. The maximum Gasteiger partial charge on any atom is 0.219 e. The number of benzene rings is 1. The van der Waals surface area contributed by atoms with E-state index >= 15 is 0 Å². The van der Waals surface area contributed by atoms with Crippen molar-refractivity contribution in [2.75, 3.05) is 33.4 Å². The Kier molecular flexibility index (Phi) is 6.55. The summed E-state index contributed by atoms with van der Waals surface area (Å²) in [7, 11) is 1.65. The number of aromatic nitrogens is 2. The van der Waals surface area contributed by atoms with Gasteiger partial charge in [0.2, 0.25) is 5.91 Å². The van der Waals surface area contributed by atoms with Crippen molar-refractivity contribution >= 4 is 23.0 Å². The molecule has 1 amide bonds. The molecular formula is C27H31N5O3. The monoisotopic (exact) mass is 473 g/mol. The lowest BCUT2D eigenvalue weighted by atomic mass is 9.97. The fraction of sp³-hybridized carbons (Fsp3) is 0.370. The lowest BCUT2D eigenvalue weighted by molar-refractivity contribution is -0.128. The van der Waals surface area contributed by atoms with Gasteiger partial charge in [0.05, 0.1) is 30.2 Å². The number of likely N-dealkylation sites (tertiary alicyclic amines) is 1. The van der Waals surface area contributed by atoms with Gasteiger partial charge in [-0.05, 0) is 49.2 Å². The number of hydrogen-bond donors (Lipinski definition) is 1. The number of ether oxygens (including phenoxy) is 2. The van der Waals surface area contributed by atoms with Gasteiger partial charge in [0.25, 0.3) is 0 Å². The van der Waals surface area contributed by atoms with Crippen LogP contribution in [-0.2, 0) is 9.53 Å². The Hall–Kier alpha value is -3.65. The number of pyridine rings is 1. The van der Waals surface area contributed by atoms with E-state index in [0.717, 1.165) is 65.7 Å². The number of nitrogens with zero attached hydrogens (tertiary/aromatic N) is 4. The average Bonchev–Trinajstić information content (AvgIpc) is 3.33. The molecule has 2 fully saturated rings. The minimum absolute atomic E-state index is 0.0445. The molecule has 2 saturated heterocycles. The van der Waals surface area contributed by atoms with Crippen molar-refractivity contribution in [3.05, 3.63) is 59.9 Å². The van der Waals surface area contributed by atoms with Crippen LogP contribution in [0.25, 0.3) is 22.6 Å². The minimum Gasteiger partial charge on any atom is -0.497 e. The lowest BCUT2D eigenvalue weighted by Crippen LogP contribution is -2.40. The Bertz CT molecular complexity index is 1290. The van der Waals surface area contributed by atoms with Crippen LogP contribution in [0.1, 0.15) is 31.9 Å². The zero-order valence-corrected chi connectivity index (χ0v) is 20.2. The normalized spacial score (nSPS) is 19.8. The van der Waals surface area contributed by atoms with Crippen LogP contribution in [0.5, 0.6) is 5.75 Å². The van der Waals surface area contributed by atoms with E-state index in [0.29, 0.717) is 25.2 Å². The summed E-state index contributed by atoms with van der Waals surface area (Å²) < 4.78 is 12.8. The van der Waals surface area contributed by atoms with Crippen LogP contribution in [0.4, 0.5) is 0 Å². The van der Waals surface area contributed by atoms with Crippen molar-refractivity contribution in [1.29, 1.82) is 0 Å². The highest BCUT2D eigenvalue weighted by atomic mass is 16.5. The number of carbonyl (C=O) groups excluding carboxylic acids is 1. The lowest BCUT2D eigenvalue weighted by Gasteiger charge is -2.31. The molecule has 0 saturated carbocycles. The van der Waals surface area contributed by atoms with Crippen LogP contribution in [0.15, 0.2) is 59.2 Å².